The van der Waals surface area contributed by atoms with Crippen molar-refractivity contribution in [3.8, 4) is 5.75 Å². The Morgan fingerprint density at radius 1 is 1.22 bits per heavy atom. The van der Waals surface area contributed by atoms with Crippen LogP contribution in [0.3, 0.4) is 0 Å². The molecule has 1 N–H and O–H groups in total. The number of fused-ring (bicyclic) bond motifs is 2. The van der Waals surface area contributed by atoms with Crippen LogP contribution in [-0.4, -0.2) is 38.4 Å². The van der Waals surface area contributed by atoms with E-state index in [-0.39, 0.29) is 12.1 Å². The van der Waals surface area contributed by atoms with E-state index in [2.05, 4.69) is 15.1 Å². The number of rotatable bonds is 5. The average molecular weight is 459 g/mol. The molecule has 0 unspecified atom stereocenters. The van der Waals surface area contributed by atoms with Gasteiger partial charge in [-0.25, -0.2) is 9.67 Å². The molecule has 3 aromatic rings. The SMILES string of the molecule is COc1cc2nc(Cc3nn(CC(=O)OC(C)(C)C)c(=O)c4c3CCCC4)[nH]c2cc1Cl. The third-order valence-electron chi connectivity index (χ3n) is 5.39. The minimum atomic E-state index is -0.631. The zero-order chi connectivity index (χ0) is 23.0. The number of hydrogen-bond donors (Lipinski definition) is 1. The highest BCUT2D eigenvalue weighted by atomic mass is 35.5. The Labute approximate surface area is 190 Å². The number of carbonyl (C=O) groups is 1. The predicted molar refractivity (Wildman–Crippen MR) is 121 cm³/mol. The fourth-order valence-corrected chi connectivity index (χ4v) is 4.32. The van der Waals surface area contributed by atoms with E-state index in [9.17, 15) is 9.59 Å². The number of esters is 1. The van der Waals surface area contributed by atoms with Gasteiger partial charge >= 0.3 is 5.97 Å². The zero-order valence-corrected chi connectivity index (χ0v) is 19.5. The van der Waals surface area contributed by atoms with Crippen molar-refractivity contribution in [3.63, 3.8) is 0 Å². The summed E-state index contributed by atoms with van der Waals surface area (Å²) in [6.07, 6.45) is 3.84. The molecule has 4 rings (SSSR count). The van der Waals surface area contributed by atoms with E-state index in [0.717, 1.165) is 47.1 Å². The Morgan fingerprint density at radius 2 is 1.94 bits per heavy atom. The number of methoxy groups -OCH3 is 1. The van der Waals surface area contributed by atoms with Gasteiger partial charge in [0.15, 0.2) is 0 Å². The maximum absolute atomic E-state index is 13.0. The standard InChI is InChI=1S/C23H27ClN4O4/c1-23(2,3)32-21(29)12-28-22(30)14-8-6-5-7-13(14)16(27-28)11-20-25-17-9-15(24)19(31-4)10-18(17)26-20/h9-10H,5-8,11-12H2,1-4H3,(H,25,26). The van der Waals surface area contributed by atoms with Crippen LogP contribution in [0.1, 0.15) is 56.3 Å². The smallest absolute Gasteiger partial charge is 0.328 e. The highest BCUT2D eigenvalue weighted by molar-refractivity contribution is 6.32. The van der Waals surface area contributed by atoms with Crippen LogP contribution < -0.4 is 10.3 Å². The number of nitrogens with zero attached hydrogens (tertiary/aromatic N) is 3. The summed E-state index contributed by atoms with van der Waals surface area (Å²) < 4.78 is 11.9. The van der Waals surface area contributed by atoms with Gasteiger partial charge in [0.25, 0.3) is 5.56 Å². The maximum Gasteiger partial charge on any atom is 0.328 e. The van der Waals surface area contributed by atoms with Gasteiger partial charge in [0.2, 0.25) is 0 Å². The van der Waals surface area contributed by atoms with Gasteiger partial charge in [0, 0.05) is 11.6 Å². The lowest BCUT2D eigenvalue weighted by atomic mass is 9.91. The molecule has 0 spiro atoms. The monoisotopic (exact) mass is 458 g/mol. The third-order valence-corrected chi connectivity index (χ3v) is 5.68. The van der Waals surface area contributed by atoms with Gasteiger partial charge in [-0.2, -0.15) is 5.10 Å². The van der Waals surface area contributed by atoms with E-state index in [1.54, 1.807) is 40.0 Å². The van der Waals surface area contributed by atoms with E-state index < -0.39 is 11.6 Å². The summed E-state index contributed by atoms with van der Waals surface area (Å²) in [6.45, 7) is 5.16. The number of carbonyl (C=O) groups excluding carboxylic acids is 1. The molecule has 2 aromatic heterocycles. The van der Waals surface area contributed by atoms with Crippen molar-refractivity contribution in [1.29, 1.82) is 0 Å². The summed E-state index contributed by atoms with van der Waals surface area (Å²) in [5, 5.41) is 5.06. The Kier molecular flexibility index (Phi) is 5.99. The zero-order valence-electron chi connectivity index (χ0n) is 18.7. The van der Waals surface area contributed by atoms with Crippen molar-refractivity contribution in [2.75, 3.05) is 7.11 Å². The Bertz CT molecular complexity index is 1240. The van der Waals surface area contributed by atoms with Gasteiger partial charge in [-0.05, 0) is 58.1 Å². The minimum absolute atomic E-state index is 0.213. The Balaban J connectivity index is 1.71. The van der Waals surface area contributed by atoms with Crippen molar-refractivity contribution >= 4 is 28.6 Å². The second-order valence-electron chi connectivity index (χ2n) is 9.02. The molecule has 0 amide bonds. The molecule has 1 aliphatic carbocycles. The summed E-state index contributed by atoms with van der Waals surface area (Å²) in [4.78, 5) is 33.3. The van der Waals surface area contributed by atoms with E-state index >= 15 is 0 Å². The predicted octanol–water partition coefficient (Wildman–Crippen LogP) is 3.59. The van der Waals surface area contributed by atoms with E-state index in [0.29, 0.717) is 29.4 Å². The summed E-state index contributed by atoms with van der Waals surface area (Å²) in [5.41, 5.74) is 3.15. The van der Waals surface area contributed by atoms with E-state index in [1.807, 2.05) is 0 Å². The van der Waals surface area contributed by atoms with Gasteiger partial charge in [-0.3, -0.25) is 9.59 Å². The molecular formula is C23H27ClN4O4. The molecule has 0 saturated heterocycles. The van der Waals surface area contributed by atoms with Crippen molar-refractivity contribution in [3.05, 3.63) is 50.2 Å². The lowest BCUT2D eigenvalue weighted by molar-refractivity contribution is -0.155. The molecule has 0 saturated carbocycles. The van der Waals surface area contributed by atoms with Crippen molar-refractivity contribution in [1.82, 2.24) is 19.7 Å². The maximum atomic E-state index is 13.0. The quantitative estimate of drug-likeness (QED) is 0.586. The number of imidazole rings is 1. The Hall–Kier alpha value is -2.87. The van der Waals surface area contributed by atoms with Crippen LogP contribution in [-0.2, 0) is 35.3 Å². The summed E-state index contributed by atoms with van der Waals surface area (Å²) >= 11 is 6.23. The molecular weight excluding hydrogens is 432 g/mol. The Morgan fingerprint density at radius 3 is 2.62 bits per heavy atom. The van der Waals surface area contributed by atoms with Gasteiger partial charge in [0.1, 0.15) is 23.7 Å². The van der Waals surface area contributed by atoms with Crippen LogP contribution in [0.15, 0.2) is 16.9 Å². The number of aromatic nitrogens is 4. The molecule has 0 aliphatic heterocycles. The fraction of sp³-hybridized carbons (Fsp3) is 0.478. The second-order valence-corrected chi connectivity index (χ2v) is 9.43. The van der Waals surface area contributed by atoms with Crippen LogP contribution >= 0.6 is 11.6 Å². The average Bonchev–Trinajstić information content (AvgIpc) is 3.10. The van der Waals surface area contributed by atoms with Crippen molar-refractivity contribution < 1.29 is 14.3 Å². The van der Waals surface area contributed by atoms with Crippen molar-refractivity contribution in [2.24, 2.45) is 0 Å². The van der Waals surface area contributed by atoms with E-state index in [1.165, 1.54) is 4.68 Å². The highest BCUT2D eigenvalue weighted by Gasteiger charge is 2.24. The van der Waals surface area contributed by atoms with Crippen molar-refractivity contribution in [2.45, 2.75) is 65.0 Å². The molecule has 32 heavy (non-hydrogen) atoms. The normalized spacial score (nSPS) is 13.8. The number of hydrogen-bond acceptors (Lipinski definition) is 6. The molecule has 8 nitrogen and oxygen atoms in total. The van der Waals surface area contributed by atoms with Gasteiger partial charge in [-0.15, -0.1) is 0 Å². The number of nitrogens with one attached hydrogen (secondary N) is 1. The van der Waals surface area contributed by atoms with Gasteiger partial charge in [-0.1, -0.05) is 11.6 Å². The largest absolute Gasteiger partial charge is 0.495 e. The van der Waals surface area contributed by atoms with Gasteiger partial charge < -0.3 is 14.5 Å². The van der Waals surface area contributed by atoms with Crippen LogP contribution in [0.4, 0.5) is 0 Å². The molecule has 2 heterocycles. The first-order valence-corrected chi connectivity index (χ1v) is 11.1. The number of H-pyrrole nitrogens is 1. The minimum Gasteiger partial charge on any atom is -0.495 e. The van der Waals surface area contributed by atoms with Crippen LogP contribution in [0.2, 0.25) is 5.02 Å². The number of aromatic amines is 1. The number of ether oxygens (including phenoxy) is 2. The lowest BCUT2D eigenvalue weighted by Crippen LogP contribution is -2.35. The second kappa shape index (κ2) is 8.58. The summed E-state index contributed by atoms with van der Waals surface area (Å²) in [5.74, 6) is 0.768. The molecule has 170 valence electrons. The van der Waals surface area contributed by atoms with Crippen LogP contribution in [0.25, 0.3) is 11.0 Å². The third kappa shape index (κ3) is 4.65. The molecule has 9 heteroatoms. The topological polar surface area (TPSA) is 99.1 Å². The lowest BCUT2D eigenvalue weighted by Gasteiger charge is -2.22. The van der Waals surface area contributed by atoms with Gasteiger partial charge in [0.05, 0.1) is 35.3 Å². The summed E-state index contributed by atoms with van der Waals surface area (Å²) in [6, 6.07) is 3.56. The molecule has 0 bridgehead atoms. The van der Waals surface area contributed by atoms with E-state index in [4.69, 9.17) is 21.1 Å². The first-order valence-electron chi connectivity index (χ1n) is 10.7. The number of benzene rings is 1. The van der Waals surface area contributed by atoms with Crippen LogP contribution in [0, 0.1) is 0 Å². The number of halogens is 1. The molecule has 0 fully saturated rings. The molecule has 0 atom stereocenters. The molecule has 1 aliphatic rings. The van der Waals surface area contributed by atoms with Crippen LogP contribution in [0.5, 0.6) is 5.75 Å². The first-order chi connectivity index (χ1) is 15.1. The fourth-order valence-electron chi connectivity index (χ4n) is 4.08. The molecule has 0 radical (unpaired) electrons. The summed E-state index contributed by atoms with van der Waals surface area (Å²) in [7, 11) is 1.56. The highest BCUT2D eigenvalue weighted by Crippen LogP contribution is 2.29. The first kappa shape index (κ1) is 22.3. The molecule has 1 aromatic carbocycles.